The third-order valence-electron chi connectivity index (χ3n) is 21.8. The molecule has 0 aromatic heterocycles. The Balaban J connectivity index is 0.937. The standard InChI is InChI=1S/C54H100O6P2Si4/c1-63(2,3)43-31-35-21-13-17-25-39(35)47-48-40-26-18-14-22-36(40)32-44(64(4,5)6)52(48)58-61(57-51(43)47)55-29-30-56-62-59-53-45(65(7,8)9)33-37-23-15-19-27-41(37)49(53)50-42-28-20-16-24-38(42)34-46(54(50)60-62)66(10,11)12/h35-54H,13-34H2,1-12H3. The summed E-state index contributed by atoms with van der Waals surface area (Å²) in [5, 5.41) is 0. The first-order chi connectivity index (χ1) is 31.3. The lowest BCUT2D eigenvalue weighted by Crippen LogP contribution is -2.58. The van der Waals surface area contributed by atoms with Crippen molar-refractivity contribution in [2.24, 2.45) is 71.0 Å². The average molecular weight is 1020 g/mol. The second-order valence-electron chi connectivity index (χ2n) is 29.4. The summed E-state index contributed by atoms with van der Waals surface area (Å²) in [6.45, 7) is 32.8. The molecule has 0 N–H and O–H groups in total. The van der Waals surface area contributed by atoms with Gasteiger partial charge >= 0.3 is 17.2 Å². The molecule has 0 spiro atoms. The Bertz CT molecular complexity index is 1420. The summed E-state index contributed by atoms with van der Waals surface area (Å²) in [5.41, 5.74) is 2.66. The van der Waals surface area contributed by atoms with E-state index in [4.69, 9.17) is 27.1 Å². The highest BCUT2D eigenvalue weighted by Gasteiger charge is 2.64. The molecule has 10 fully saturated rings. The molecule has 10 rings (SSSR count). The molecule has 6 nitrogen and oxygen atoms in total. The van der Waals surface area contributed by atoms with E-state index >= 15 is 0 Å². The second-order valence-corrected chi connectivity index (χ2v) is 53.5. The molecular weight excluding hydrogens is 919 g/mol. The van der Waals surface area contributed by atoms with Crippen LogP contribution in [0.4, 0.5) is 0 Å². The first-order valence-electron chi connectivity index (χ1n) is 28.8. The summed E-state index contributed by atoms with van der Waals surface area (Å²) in [7, 11) is -9.28. The summed E-state index contributed by atoms with van der Waals surface area (Å²) >= 11 is 0. The molecule has 378 valence electrons. The lowest BCUT2D eigenvalue weighted by Gasteiger charge is -2.59. The van der Waals surface area contributed by atoms with Crippen molar-refractivity contribution in [3.63, 3.8) is 0 Å². The van der Waals surface area contributed by atoms with Crippen LogP contribution in [0.1, 0.15) is 128 Å². The lowest BCUT2D eigenvalue weighted by molar-refractivity contribution is -0.0866. The topological polar surface area (TPSA) is 55.4 Å². The van der Waals surface area contributed by atoms with E-state index in [1.165, 1.54) is 128 Å². The van der Waals surface area contributed by atoms with Gasteiger partial charge in [0.05, 0.1) is 69.9 Å². The number of rotatable bonds is 9. The van der Waals surface area contributed by atoms with E-state index in [2.05, 4.69) is 78.6 Å². The van der Waals surface area contributed by atoms with Gasteiger partial charge in [0.25, 0.3) is 0 Å². The third kappa shape index (κ3) is 10.1. The van der Waals surface area contributed by atoms with E-state index < -0.39 is 49.5 Å². The van der Waals surface area contributed by atoms with E-state index in [1.807, 2.05) is 0 Å². The van der Waals surface area contributed by atoms with Gasteiger partial charge in [0, 0.05) is 0 Å². The van der Waals surface area contributed by atoms with Gasteiger partial charge in [-0.3, -0.25) is 0 Å². The van der Waals surface area contributed by atoms with Crippen molar-refractivity contribution in [3.05, 3.63) is 0 Å². The quantitative estimate of drug-likeness (QED) is 0.130. The fraction of sp³-hybridized carbons (Fsp3) is 1.00. The minimum Gasteiger partial charge on any atom is -0.310 e. The molecule has 20 unspecified atom stereocenters. The van der Waals surface area contributed by atoms with Crippen LogP contribution >= 0.6 is 17.2 Å². The summed E-state index contributed by atoms with van der Waals surface area (Å²) < 4.78 is 44.9. The normalized spacial score (nSPS) is 48.9. The van der Waals surface area contributed by atoms with Gasteiger partial charge in [-0.1, -0.05) is 156 Å². The molecule has 8 aliphatic carbocycles. The summed E-state index contributed by atoms with van der Waals surface area (Å²) in [4.78, 5) is 0. The maximum absolute atomic E-state index is 7.66. The first kappa shape index (κ1) is 51.0. The highest BCUT2D eigenvalue weighted by atomic mass is 31.2. The molecule has 0 radical (unpaired) electrons. The van der Waals surface area contributed by atoms with E-state index in [-0.39, 0.29) is 24.4 Å². The summed E-state index contributed by atoms with van der Waals surface area (Å²) in [6.07, 6.45) is 29.3. The summed E-state index contributed by atoms with van der Waals surface area (Å²) in [6, 6.07) is 0. The van der Waals surface area contributed by atoms with Gasteiger partial charge in [0.2, 0.25) is 0 Å². The van der Waals surface area contributed by atoms with Gasteiger partial charge in [-0.05, 0) is 145 Å². The highest BCUT2D eigenvalue weighted by Crippen LogP contribution is 2.70. The van der Waals surface area contributed by atoms with Crippen molar-refractivity contribution in [1.82, 2.24) is 0 Å². The van der Waals surface area contributed by atoms with Crippen LogP contribution in [0.2, 0.25) is 101 Å². The molecule has 20 atom stereocenters. The molecule has 66 heavy (non-hydrogen) atoms. The van der Waals surface area contributed by atoms with Gasteiger partial charge in [0.15, 0.2) is 0 Å². The molecule has 12 heteroatoms. The Morgan fingerprint density at radius 2 is 0.545 bits per heavy atom. The van der Waals surface area contributed by atoms with Crippen LogP contribution in [0, 0.1) is 71.0 Å². The van der Waals surface area contributed by atoms with Crippen LogP contribution < -0.4 is 0 Å². The van der Waals surface area contributed by atoms with E-state index in [1.54, 1.807) is 0 Å². The molecule has 0 bridgehead atoms. The molecule has 2 aliphatic heterocycles. The van der Waals surface area contributed by atoms with Gasteiger partial charge in [-0.25, -0.2) is 0 Å². The van der Waals surface area contributed by atoms with E-state index in [0.717, 1.165) is 47.3 Å². The average Bonchev–Trinajstić information content (AvgIpc) is 3.54. The molecule has 0 amide bonds. The van der Waals surface area contributed by atoms with Crippen LogP contribution in [0.15, 0.2) is 0 Å². The van der Waals surface area contributed by atoms with Crippen LogP contribution in [0.3, 0.4) is 0 Å². The van der Waals surface area contributed by atoms with Gasteiger partial charge in [-0.2, -0.15) is 0 Å². The maximum atomic E-state index is 7.66. The van der Waals surface area contributed by atoms with Crippen molar-refractivity contribution in [1.29, 1.82) is 0 Å². The van der Waals surface area contributed by atoms with Gasteiger partial charge in [-0.15, -0.1) is 0 Å². The fourth-order valence-electron chi connectivity index (χ4n) is 18.8. The predicted molar refractivity (Wildman–Crippen MR) is 288 cm³/mol. The van der Waals surface area contributed by atoms with Crippen molar-refractivity contribution >= 4 is 49.5 Å². The Labute approximate surface area is 412 Å². The van der Waals surface area contributed by atoms with E-state index in [9.17, 15) is 0 Å². The second kappa shape index (κ2) is 20.0. The maximum Gasteiger partial charge on any atom is 0.333 e. The van der Waals surface area contributed by atoms with Crippen LogP contribution in [-0.4, -0.2) is 69.9 Å². The van der Waals surface area contributed by atoms with Crippen molar-refractivity contribution in [3.8, 4) is 0 Å². The largest absolute Gasteiger partial charge is 0.333 e. The molecule has 10 aliphatic rings. The zero-order valence-corrected chi connectivity index (χ0v) is 50.2. The zero-order chi connectivity index (χ0) is 46.5. The monoisotopic (exact) mass is 1020 g/mol. The molecular formula is C54H100O6P2Si4. The van der Waals surface area contributed by atoms with Crippen LogP contribution in [0.5, 0.6) is 0 Å². The SMILES string of the molecule is C[Si](C)(C)C1CC2CCCCC2C2C1OP(OCCOP1OC3C(C4CCCCC4CC3[Si](C)(C)C)C3C4CCCCC4CC([Si](C)(C)C)C3O1)OC1C2C2CCCCC2CC1[Si](C)(C)C. The van der Waals surface area contributed by atoms with Crippen molar-refractivity contribution in [2.75, 3.05) is 13.2 Å². The zero-order valence-electron chi connectivity index (χ0n) is 44.4. The minimum atomic E-state index is -1.57. The summed E-state index contributed by atoms with van der Waals surface area (Å²) in [5.74, 6) is 9.15. The van der Waals surface area contributed by atoms with Crippen molar-refractivity contribution in [2.45, 2.75) is 254 Å². The molecule has 8 saturated carbocycles. The Morgan fingerprint density at radius 1 is 0.333 bits per heavy atom. The smallest absolute Gasteiger partial charge is 0.310 e. The lowest BCUT2D eigenvalue weighted by atomic mass is 9.53. The number of hydrogen-bond acceptors (Lipinski definition) is 6. The first-order valence-corrected chi connectivity index (χ1v) is 45.3. The Hall–Kier alpha value is 1.49. The fourth-order valence-corrected chi connectivity index (χ4v) is 31.1. The van der Waals surface area contributed by atoms with Gasteiger partial charge in [0.1, 0.15) is 0 Å². The molecule has 0 aromatic rings. The minimum absolute atomic E-state index is 0.273. The highest BCUT2D eigenvalue weighted by molar-refractivity contribution is 7.42. The Kier molecular flexibility index (Phi) is 15.4. The molecule has 0 aromatic carbocycles. The van der Waals surface area contributed by atoms with E-state index in [0.29, 0.717) is 59.1 Å². The van der Waals surface area contributed by atoms with Crippen LogP contribution in [0.25, 0.3) is 0 Å². The van der Waals surface area contributed by atoms with Crippen molar-refractivity contribution < 1.29 is 27.1 Å². The van der Waals surface area contributed by atoms with Gasteiger partial charge < -0.3 is 27.1 Å². The Morgan fingerprint density at radius 3 is 0.758 bits per heavy atom. The number of hydrogen-bond donors (Lipinski definition) is 0. The van der Waals surface area contributed by atoms with Crippen LogP contribution in [-0.2, 0) is 27.1 Å². The number of fused-ring (bicyclic) bond motifs is 14. The molecule has 2 heterocycles. The molecule has 2 saturated heterocycles. The third-order valence-corrected chi connectivity index (χ3v) is 35.4. The predicted octanol–water partition coefficient (Wildman–Crippen LogP) is 17.2.